The van der Waals surface area contributed by atoms with Gasteiger partial charge in [0, 0.05) is 25.2 Å². The van der Waals surface area contributed by atoms with Gasteiger partial charge in [0.05, 0.1) is 0 Å². The number of ketones is 2. The van der Waals surface area contributed by atoms with E-state index < -0.39 is 0 Å². The van der Waals surface area contributed by atoms with Crippen LogP contribution in [0, 0.1) is 5.92 Å². The molecule has 0 saturated carbocycles. The summed E-state index contributed by atoms with van der Waals surface area (Å²) in [6.07, 6.45) is 60.6. The van der Waals surface area contributed by atoms with Crippen molar-refractivity contribution in [3.63, 3.8) is 0 Å². The van der Waals surface area contributed by atoms with Gasteiger partial charge in [0.2, 0.25) is 0 Å². The van der Waals surface area contributed by atoms with Crippen molar-refractivity contribution in [2.45, 2.75) is 303 Å². The number of hydrogen-bond donors (Lipinski definition) is 0. The first-order valence-electron chi connectivity index (χ1n) is 25.3. The van der Waals surface area contributed by atoms with Gasteiger partial charge in [0.25, 0.3) is 0 Å². The molecule has 0 N–H and O–H groups in total. The lowest BCUT2D eigenvalue weighted by molar-refractivity contribution is -0.128. The van der Waals surface area contributed by atoms with Crippen LogP contribution in [0.2, 0.25) is 0 Å². The maximum Gasteiger partial charge on any atom is 0.136 e. The lowest BCUT2D eigenvalue weighted by Gasteiger charge is -2.15. The van der Waals surface area contributed by atoms with Crippen molar-refractivity contribution in [2.75, 3.05) is 0 Å². The molecule has 0 heterocycles. The second kappa shape index (κ2) is 46.5. The molecule has 0 aromatic rings. The average molecular weight is 757 g/mol. The normalized spacial score (nSPS) is 12.3. The van der Waals surface area contributed by atoms with E-state index in [2.05, 4.69) is 32.9 Å². The summed E-state index contributed by atoms with van der Waals surface area (Å²) in [5.74, 6) is 0.726. The second-order valence-corrected chi connectivity index (χ2v) is 17.6. The Morgan fingerprint density at radius 1 is 0.333 bits per heavy atom. The molecule has 2 nitrogen and oxygen atoms in total. The third-order valence-corrected chi connectivity index (χ3v) is 12.1. The van der Waals surface area contributed by atoms with E-state index in [1.807, 2.05) is 0 Å². The lowest BCUT2D eigenvalue weighted by atomic mass is 9.87. The van der Waals surface area contributed by atoms with Crippen molar-refractivity contribution in [3.05, 3.63) is 12.2 Å². The van der Waals surface area contributed by atoms with Crippen molar-refractivity contribution in [1.82, 2.24) is 0 Å². The SMILES string of the molecule is CCCCCCCC/C=C\CCCCCCCCC(CC(=O)CCCCCCCCCCCCCCC)C(=O)CCCCCCCCCCCCCCC. The third-order valence-electron chi connectivity index (χ3n) is 12.1. The second-order valence-electron chi connectivity index (χ2n) is 17.6. The molecule has 0 aliphatic heterocycles. The molecule has 320 valence electrons. The Hall–Kier alpha value is -0.920. The zero-order valence-electron chi connectivity index (χ0n) is 37.7. The van der Waals surface area contributed by atoms with Crippen molar-refractivity contribution < 1.29 is 9.59 Å². The van der Waals surface area contributed by atoms with Crippen LogP contribution in [0.4, 0.5) is 0 Å². The van der Waals surface area contributed by atoms with Crippen LogP contribution in [0.1, 0.15) is 303 Å². The maximum atomic E-state index is 13.4. The fourth-order valence-corrected chi connectivity index (χ4v) is 8.25. The van der Waals surface area contributed by atoms with Gasteiger partial charge in [0.15, 0.2) is 0 Å². The summed E-state index contributed by atoms with van der Waals surface area (Å²) < 4.78 is 0. The lowest BCUT2D eigenvalue weighted by Crippen LogP contribution is -2.18. The predicted octanol–water partition coefficient (Wildman–Crippen LogP) is 18.5. The Kier molecular flexibility index (Phi) is 45.7. The Morgan fingerprint density at radius 3 is 0.963 bits per heavy atom. The molecule has 0 aromatic carbocycles. The highest BCUT2D eigenvalue weighted by Crippen LogP contribution is 2.22. The van der Waals surface area contributed by atoms with Crippen LogP contribution in [-0.4, -0.2) is 11.6 Å². The Bertz CT molecular complexity index is 768. The number of Topliss-reactive ketones (excluding diaryl/α,β-unsaturated/α-hetero) is 2. The van der Waals surface area contributed by atoms with E-state index in [0.717, 1.165) is 25.7 Å². The number of carbonyl (C=O) groups is 2. The van der Waals surface area contributed by atoms with E-state index >= 15 is 0 Å². The van der Waals surface area contributed by atoms with E-state index in [-0.39, 0.29) is 5.92 Å². The summed E-state index contributed by atoms with van der Waals surface area (Å²) in [4.78, 5) is 26.5. The summed E-state index contributed by atoms with van der Waals surface area (Å²) in [7, 11) is 0. The average Bonchev–Trinajstić information content (AvgIpc) is 3.17. The van der Waals surface area contributed by atoms with Crippen LogP contribution in [0.3, 0.4) is 0 Å². The first kappa shape index (κ1) is 53.1. The molecular formula is C52H100O2. The Morgan fingerprint density at radius 2 is 0.611 bits per heavy atom. The summed E-state index contributed by atoms with van der Waals surface area (Å²) in [5.41, 5.74) is 0. The summed E-state index contributed by atoms with van der Waals surface area (Å²) in [6.45, 7) is 6.86. The number of unbranched alkanes of at least 4 members (excludes halogenated alkanes) is 36. The Labute approximate surface area is 341 Å². The highest BCUT2D eigenvalue weighted by Gasteiger charge is 2.21. The standard InChI is InChI=1S/C52H100O2/c1-4-7-10-13-16-19-22-25-26-27-30-31-34-37-40-43-46-50(52(54)48-45-42-39-36-33-29-24-21-18-15-12-9-6-3)49-51(53)47-44-41-38-35-32-28-23-20-17-14-11-8-5-2/h25-26,50H,4-24,27-49H2,1-3H3/b26-25-. The van der Waals surface area contributed by atoms with Crippen molar-refractivity contribution in [2.24, 2.45) is 5.92 Å². The van der Waals surface area contributed by atoms with Crippen LogP contribution < -0.4 is 0 Å². The molecular weight excluding hydrogens is 657 g/mol. The molecule has 0 rings (SSSR count). The fraction of sp³-hybridized carbons (Fsp3) is 0.923. The van der Waals surface area contributed by atoms with E-state index in [1.165, 1.54) is 238 Å². The van der Waals surface area contributed by atoms with E-state index in [9.17, 15) is 9.59 Å². The van der Waals surface area contributed by atoms with Gasteiger partial charge in [-0.1, -0.05) is 251 Å². The van der Waals surface area contributed by atoms with Gasteiger partial charge in [-0.15, -0.1) is 0 Å². The van der Waals surface area contributed by atoms with Gasteiger partial charge < -0.3 is 0 Å². The molecule has 0 fully saturated rings. The molecule has 0 amide bonds. The van der Waals surface area contributed by atoms with Crippen molar-refractivity contribution >= 4 is 11.6 Å². The Balaban J connectivity index is 4.24. The minimum absolute atomic E-state index is 0.0198. The molecule has 1 unspecified atom stereocenters. The van der Waals surface area contributed by atoms with Gasteiger partial charge in [-0.2, -0.15) is 0 Å². The van der Waals surface area contributed by atoms with E-state index in [1.54, 1.807) is 0 Å². The summed E-state index contributed by atoms with van der Waals surface area (Å²) in [6, 6.07) is 0. The quantitative estimate of drug-likeness (QED) is 0.0458. The van der Waals surface area contributed by atoms with Crippen LogP contribution in [0.15, 0.2) is 12.2 Å². The first-order chi connectivity index (χ1) is 26.7. The summed E-state index contributed by atoms with van der Waals surface area (Å²) in [5, 5.41) is 0. The van der Waals surface area contributed by atoms with Gasteiger partial charge >= 0.3 is 0 Å². The number of rotatable bonds is 47. The van der Waals surface area contributed by atoms with Crippen LogP contribution in [0.5, 0.6) is 0 Å². The zero-order chi connectivity index (χ0) is 39.3. The number of hydrogen-bond acceptors (Lipinski definition) is 2. The molecule has 54 heavy (non-hydrogen) atoms. The van der Waals surface area contributed by atoms with Crippen LogP contribution >= 0.6 is 0 Å². The molecule has 0 saturated heterocycles. The fourth-order valence-electron chi connectivity index (χ4n) is 8.25. The number of allylic oxidation sites excluding steroid dienone is 2. The predicted molar refractivity (Wildman–Crippen MR) is 243 cm³/mol. The molecule has 0 aliphatic rings. The van der Waals surface area contributed by atoms with Crippen molar-refractivity contribution in [1.29, 1.82) is 0 Å². The molecule has 0 spiro atoms. The summed E-state index contributed by atoms with van der Waals surface area (Å²) >= 11 is 0. The largest absolute Gasteiger partial charge is 0.300 e. The highest BCUT2D eigenvalue weighted by atomic mass is 16.1. The number of carbonyl (C=O) groups excluding carboxylic acids is 2. The van der Waals surface area contributed by atoms with Crippen molar-refractivity contribution in [3.8, 4) is 0 Å². The monoisotopic (exact) mass is 757 g/mol. The van der Waals surface area contributed by atoms with Gasteiger partial charge in [0.1, 0.15) is 11.6 Å². The van der Waals surface area contributed by atoms with Crippen LogP contribution in [-0.2, 0) is 9.59 Å². The first-order valence-corrected chi connectivity index (χ1v) is 25.3. The van der Waals surface area contributed by atoms with Gasteiger partial charge in [-0.05, 0) is 44.9 Å². The molecule has 0 aromatic heterocycles. The minimum Gasteiger partial charge on any atom is -0.300 e. The maximum absolute atomic E-state index is 13.4. The molecule has 1 atom stereocenters. The zero-order valence-corrected chi connectivity index (χ0v) is 37.7. The highest BCUT2D eigenvalue weighted by molar-refractivity contribution is 5.87. The molecule has 0 aliphatic carbocycles. The van der Waals surface area contributed by atoms with Gasteiger partial charge in [-0.3, -0.25) is 9.59 Å². The van der Waals surface area contributed by atoms with Gasteiger partial charge in [-0.25, -0.2) is 0 Å². The van der Waals surface area contributed by atoms with E-state index in [4.69, 9.17) is 0 Å². The molecule has 0 bridgehead atoms. The smallest absolute Gasteiger partial charge is 0.136 e. The topological polar surface area (TPSA) is 34.1 Å². The minimum atomic E-state index is -0.0198. The van der Waals surface area contributed by atoms with Crippen LogP contribution in [0.25, 0.3) is 0 Å². The third kappa shape index (κ3) is 42.2. The van der Waals surface area contributed by atoms with E-state index in [0.29, 0.717) is 30.8 Å². The molecule has 0 radical (unpaired) electrons. The molecule has 2 heteroatoms.